The molecule has 0 saturated carbocycles. The van der Waals surface area contributed by atoms with Gasteiger partial charge in [-0.3, -0.25) is 0 Å². The van der Waals surface area contributed by atoms with Gasteiger partial charge in [-0.05, 0) is 53.1 Å². The minimum Gasteiger partial charge on any atom is -0.454 e. The van der Waals surface area contributed by atoms with Gasteiger partial charge in [0.15, 0.2) is 11.2 Å². The zero-order valence-electron chi connectivity index (χ0n) is 17.9. The Morgan fingerprint density at radius 3 is 1.56 bits per heavy atom. The molecule has 0 atom stereocenters. The average Bonchev–Trinajstić information content (AvgIpc) is 3.46. The Kier molecular flexibility index (Phi) is 3.88. The van der Waals surface area contributed by atoms with Crippen molar-refractivity contribution in [3.63, 3.8) is 0 Å². The predicted octanol–water partition coefficient (Wildman–Crippen LogP) is 8.09. The molecule has 3 heterocycles. The Bertz CT molecular complexity index is 1810. The van der Waals surface area contributed by atoms with Crippen LogP contribution < -0.4 is 0 Å². The summed E-state index contributed by atoms with van der Waals surface area (Å²) in [4.78, 5) is 5.01. The lowest BCUT2D eigenvalue weighted by Gasteiger charge is -2.07. The molecule has 158 valence electrons. The summed E-state index contributed by atoms with van der Waals surface area (Å²) in [5.74, 6) is 0. The number of para-hydroxylation sites is 2. The molecule has 4 aromatic carbocycles. The zero-order valence-corrected chi connectivity index (χ0v) is 17.9. The molecule has 0 N–H and O–H groups in total. The molecular formula is C30H16N2O2. The van der Waals surface area contributed by atoms with Gasteiger partial charge in [0.25, 0.3) is 0 Å². The maximum Gasteiger partial charge on any atom is 0.165 e. The summed E-state index contributed by atoms with van der Waals surface area (Å²) in [5.41, 5.74) is 9.39. The van der Waals surface area contributed by atoms with Crippen molar-refractivity contribution < 1.29 is 8.83 Å². The molecule has 0 radical (unpaired) electrons. The topological polar surface area (TPSA) is 63.0 Å². The maximum atomic E-state index is 9.07. The number of hydrogen-bond donors (Lipinski definition) is 0. The van der Waals surface area contributed by atoms with Crippen molar-refractivity contribution in [2.45, 2.75) is 0 Å². The summed E-state index contributed by atoms with van der Waals surface area (Å²) in [6.45, 7) is 0. The van der Waals surface area contributed by atoms with Gasteiger partial charge in [0.1, 0.15) is 22.2 Å². The van der Waals surface area contributed by atoms with Crippen LogP contribution in [0.5, 0.6) is 0 Å². The smallest absolute Gasteiger partial charge is 0.165 e. The molecule has 7 aromatic rings. The first-order valence-electron chi connectivity index (χ1n) is 11.0. The number of benzene rings is 4. The number of hydrogen-bond acceptors (Lipinski definition) is 4. The summed E-state index contributed by atoms with van der Waals surface area (Å²) in [6, 6.07) is 34.1. The van der Waals surface area contributed by atoms with E-state index in [-0.39, 0.29) is 0 Å². The highest BCUT2D eigenvalue weighted by atomic mass is 16.3. The van der Waals surface area contributed by atoms with E-state index in [1.807, 2.05) is 72.8 Å². The van der Waals surface area contributed by atoms with Gasteiger partial charge in [-0.1, -0.05) is 60.7 Å². The van der Waals surface area contributed by atoms with Crippen molar-refractivity contribution in [3.8, 4) is 28.3 Å². The predicted molar refractivity (Wildman–Crippen MR) is 134 cm³/mol. The number of nitrogens with zero attached hydrogens (tertiary/aromatic N) is 2. The number of pyridine rings is 1. The third-order valence-electron chi connectivity index (χ3n) is 6.34. The summed E-state index contributed by atoms with van der Waals surface area (Å²) in [7, 11) is 0. The molecule has 0 aliphatic carbocycles. The normalized spacial score (nSPS) is 11.5. The summed E-state index contributed by atoms with van der Waals surface area (Å²) in [5, 5.41) is 11.0. The second-order valence-electron chi connectivity index (χ2n) is 8.31. The fourth-order valence-corrected chi connectivity index (χ4v) is 4.67. The van der Waals surface area contributed by atoms with E-state index in [2.05, 4.69) is 30.3 Å². The van der Waals surface area contributed by atoms with Crippen LogP contribution in [0.4, 0.5) is 0 Å². The number of fused-ring (bicyclic) bond motifs is 6. The lowest BCUT2D eigenvalue weighted by atomic mass is 9.98. The molecule has 0 bridgehead atoms. The van der Waals surface area contributed by atoms with Crippen LogP contribution in [-0.2, 0) is 0 Å². The van der Waals surface area contributed by atoms with E-state index in [0.717, 1.165) is 66.4 Å². The first-order chi connectivity index (χ1) is 16.8. The Morgan fingerprint density at radius 1 is 0.559 bits per heavy atom. The third-order valence-corrected chi connectivity index (χ3v) is 6.34. The van der Waals surface area contributed by atoms with Crippen LogP contribution in [0.3, 0.4) is 0 Å². The van der Waals surface area contributed by atoms with Crippen molar-refractivity contribution in [1.29, 1.82) is 5.26 Å². The lowest BCUT2D eigenvalue weighted by molar-refractivity contribution is 0.657. The molecule has 0 amide bonds. The van der Waals surface area contributed by atoms with Crippen molar-refractivity contribution in [2.75, 3.05) is 0 Å². The van der Waals surface area contributed by atoms with Crippen molar-refractivity contribution in [2.24, 2.45) is 0 Å². The first kappa shape index (κ1) is 18.7. The molecule has 0 aliphatic rings. The maximum absolute atomic E-state index is 9.07. The molecule has 0 unspecified atom stereocenters. The molecule has 3 aromatic heterocycles. The van der Waals surface area contributed by atoms with Gasteiger partial charge in [-0.2, -0.15) is 5.26 Å². The first-order valence-corrected chi connectivity index (χ1v) is 11.0. The third kappa shape index (κ3) is 2.68. The van der Waals surface area contributed by atoms with Gasteiger partial charge >= 0.3 is 0 Å². The second kappa shape index (κ2) is 7.06. The van der Waals surface area contributed by atoms with E-state index in [0.29, 0.717) is 5.56 Å². The van der Waals surface area contributed by atoms with Crippen LogP contribution in [0.15, 0.2) is 106 Å². The van der Waals surface area contributed by atoms with E-state index in [1.165, 1.54) is 0 Å². The number of aromatic nitrogens is 1. The molecule has 0 fully saturated rings. The lowest BCUT2D eigenvalue weighted by Crippen LogP contribution is -1.86. The van der Waals surface area contributed by atoms with Gasteiger partial charge in [0.2, 0.25) is 0 Å². The largest absolute Gasteiger partial charge is 0.454 e. The fourth-order valence-electron chi connectivity index (χ4n) is 4.67. The molecule has 0 aliphatic heterocycles. The van der Waals surface area contributed by atoms with Crippen LogP contribution in [0.2, 0.25) is 0 Å². The molecular weight excluding hydrogens is 420 g/mol. The SMILES string of the molecule is N#Cc1ccc(-c2ccc(-c3c4oc5ccccc5c4nc4c3oc3ccccc34)cc2)cc1. The molecule has 34 heavy (non-hydrogen) atoms. The van der Waals surface area contributed by atoms with Crippen LogP contribution in [0.25, 0.3) is 66.4 Å². The Hall–Kier alpha value is -4.88. The molecule has 0 spiro atoms. The summed E-state index contributed by atoms with van der Waals surface area (Å²) in [6.07, 6.45) is 0. The molecule has 4 heteroatoms. The van der Waals surface area contributed by atoms with E-state index in [4.69, 9.17) is 19.1 Å². The van der Waals surface area contributed by atoms with E-state index in [1.54, 1.807) is 0 Å². The quantitative estimate of drug-likeness (QED) is 0.275. The fraction of sp³-hybridized carbons (Fsp3) is 0. The highest BCUT2D eigenvalue weighted by Gasteiger charge is 2.22. The van der Waals surface area contributed by atoms with Crippen LogP contribution in [0.1, 0.15) is 5.56 Å². The minimum absolute atomic E-state index is 0.650. The summed E-state index contributed by atoms with van der Waals surface area (Å²) < 4.78 is 12.7. The van der Waals surface area contributed by atoms with E-state index >= 15 is 0 Å². The van der Waals surface area contributed by atoms with E-state index in [9.17, 15) is 0 Å². The second-order valence-corrected chi connectivity index (χ2v) is 8.31. The molecule has 7 rings (SSSR count). The van der Waals surface area contributed by atoms with Crippen LogP contribution in [0, 0.1) is 11.3 Å². The van der Waals surface area contributed by atoms with Crippen molar-refractivity contribution >= 4 is 44.1 Å². The van der Waals surface area contributed by atoms with Gasteiger partial charge < -0.3 is 8.83 Å². The van der Waals surface area contributed by atoms with Gasteiger partial charge in [0, 0.05) is 10.8 Å². The van der Waals surface area contributed by atoms with Gasteiger partial charge in [0.05, 0.1) is 17.2 Å². The van der Waals surface area contributed by atoms with Crippen molar-refractivity contribution in [1.82, 2.24) is 4.98 Å². The van der Waals surface area contributed by atoms with Crippen LogP contribution >= 0.6 is 0 Å². The highest BCUT2D eigenvalue weighted by Crippen LogP contribution is 2.42. The number of nitriles is 1. The summed E-state index contributed by atoms with van der Waals surface area (Å²) >= 11 is 0. The van der Waals surface area contributed by atoms with Crippen molar-refractivity contribution in [3.05, 3.63) is 103 Å². The Labute approximate surface area is 194 Å². The average molecular weight is 436 g/mol. The monoisotopic (exact) mass is 436 g/mol. The Balaban J connectivity index is 1.51. The Morgan fingerprint density at radius 2 is 1.03 bits per heavy atom. The van der Waals surface area contributed by atoms with Gasteiger partial charge in [-0.25, -0.2) is 4.98 Å². The van der Waals surface area contributed by atoms with Gasteiger partial charge in [-0.15, -0.1) is 0 Å². The van der Waals surface area contributed by atoms with Crippen LogP contribution in [-0.4, -0.2) is 4.98 Å². The highest BCUT2D eigenvalue weighted by molar-refractivity contribution is 6.18. The van der Waals surface area contributed by atoms with E-state index < -0.39 is 0 Å². The number of furan rings is 2. The number of rotatable bonds is 2. The standard InChI is InChI=1S/C30H16N2O2/c31-17-18-9-11-19(12-10-18)20-13-15-21(16-14-20)26-29-27(22-5-1-3-7-24(22)33-29)32-28-23-6-2-4-8-25(23)34-30(26)28/h1-16H. The molecule has 4 nitrogen and oxygen atoms in total. The zero-order chi connectivity index (χ0) is 22.6. The minimum atomic E-state index is 0.650. The molecule has 0 saturated heterocycles.